The van der Waals surface area contributed by atoms with Gasteiger partial charge in [-0.3, -0.25) is 9.80 Å². The molecule has 9 heteroatoms. The minimum atomic E-state index is -0.616. The lowest BCUT2D eigenvalue weighted by atomic mass is 9.98. The van der Waals surface area contributed by atoms with E-state index in [2.05, 4.69) is 36.3 Å². The summed E-state index contributed by atoms with van der Waals surface area (Å²) < 4.78 is 5.18. The van der Waals surface area contributed by atoms with Crippen LogP contribution in [0.5, 0.6) is 0 Å². The van der Waals surface area contributed by atoms with Crippen LogP contribution in [0.1, 0.15) is 37.7 Å². The summed E-state index contributed by atoms with van der Waals surface area (Å²) in [5.41, 5.74) is -0.0872. The molecule has 1 aromatic heterocycles. The van der Waals surface area contributed by atoms with Crippen molar-refractivity contribution >= 4 is 23.3 Å². The molecule has 1 aliphatic rings. The number of hydrogen-bond donors (Lipinski definition) is 1. The van der Waals surface area contributed by atoms with E-state index < -0.39 is 6.04 Å². The molecule has 2 rings (SSSR count). The molecule has 1 aliphatic heterocycles. The van der Waals surface area contributed by atoms with E-state index in [0.717, 1.165) is 10.0 Å². The molecule has 0 aliphatic carbocycles. The number of hydrogen-bond acceptors (Lipinski definition) is 7. The second kappa shape index (κ2) is 7.43. The van der Waals surface area contributed by atoms with Crippen molar-refractivity contribution < 1.29 is 14.3 Å². The fourth-order valence-electron chi connectivity index (χ4n) is 2.34. The third kappa shape index (κ3) is 4.21. The van der Waals surface area contributed by atoms with Crippen molar-refractivity contribution in [1.29, 1.82) is 0 Å². The number of nitrogens with one attached hydrogen (secondary N) is 1. The van der Waals surface area contributed by atoms with Crippen LogP contribution in [0, 0.1) is 0 Å². The van der Waals surface area contributed by atoms with Crippen LogP contribution in [0.2, 0.25) is 0 Å². The summed E-state index contributed by atoms with van der Waals surface area (Å²) >= 11 is 1.49. The third-order valence-corrected chi connectivity index (χ3v) is 5.07. The van der Waals surface area contributed by atoms with Gasteiger partial charge in [-0.1, -0.05) is 20.8 Å². The van der Waals surface area contributed by atoms with Crippen molar-refractivity contribution in [2.45, 2.75) is 45.6 Å². The number of rotatable bonds is 6. The summed E-state index contributed by atoms with van der Waals surface area (Å²) in [6.07, 6.45) is 0.354. The molecule has 0 spiro atoms. The predicted molar refractivity (Wildman–Crippen MR) is 90.6 cm³/mol. The van der Waals surface area contributed by atoms with Gasteiger partial charge in [0.15, 0.2) is 0 Å². The lowest BCUT2D eigenvalue weighted by molar-refractivity contribution is -0.154. The Kier molecular flexibility index (Phi) is 5.76. The molecule has 24 heavy (non-hydrogen) atoms. The fraction of sp³-hybridized carbons (Fsp3) is 0.733. The average Bonchev–Trinajstić information content (AvgIpc) is 3.12. The molecule has 8 nitrogen and oxygen atoms in total. The molecule has 1 N–H and O–H groups in total. The van der Waals surface area contributed by atoms with Crippen molar-refractivity contribution in [2.24, 2.45) is 0 Å². The summed E-state index contributed by atoms with van der Waals surface area (Å²) in [7, 11) is 1.72. The van der Waals surface area contributed by atoms with Crippen LogP contribution in [0.25, 0.3) is 0 Å². The largest absolute Gasteiger partial charge is 0.465 e. The van der Waals surface area contributed by atoms with E-state index in [1.54, 1.807) is 19.0 Å². The predicted octanol–water partition coefficient (Wildman–Crippen LogP) is 1.18. The third-order valence-electron chi connectivity index (χ3n) is 3.70. The van der Waals surface area contributed by atoms with Crippen molar-refractivity contribution in [3.8, 4) is 0 Å². The summed E-state index contributed by atoms with van der Waals surface area (Å²) in [5, 5.41) is 16.0. The Bertz CT molecular complexity index is 598. The second-order valence-corrected chi connectivity index (χ2v) is 7.71. The zero-order chi connectivity index (χ0) is 17.9. The van der Waals surface area contributed by atoms with E-state index in [1.807, 2.05) is 0 Å². The number of carbonyl (C=O) groups excluding carboxylic acids is 2. The van der Waals surface area contributed by atoms with Gasteiger partial charge in [-0.05, 0) is 6.92 Å². The minimum Gasteiger partial charge on any atom is -0.465 e. The smallest absolute Gasteiger partial charge is 0.332 e. The summed E-state index contributed by atoms with van der Waals surface area (Å²) in [6, 6.07) is -0.825. The summed E-state index contributed by atoms with van der Waals surface area (Å²) in [5.74, 6) is -0.368. The topological polar surface area (TPSA) is 87.7 Å². The molecule has 0 aromatic carbocycles. The molecule has 0 radical (unpaired) electrons. The van der Waals surface area contributed by atoms with Crippen LogP contribution >= 0.6 is 11.3 Å². The van der Waals surface area contributed by atoms with Crippen LogP contribution in [0.15, 0.2) is 0 Å². The standard InChI is InChI=1S/C15H25N5O3S/c1-6-23-12(21)10(19(5)20-8-7-16-14(20)22)9-11-17-18-13(24-11)15(2,3)4/h10H,6-9H2,1-5H3,(H,16,22). The Labute approximate surface area is 146 Å². The second-order valence-electron chi connectivity index (χ2n) is 6.65. The molecule has 1 saturated heterocycles. The van der Waals surface area contributed by atoms with E-state index >= 15 is 0 Å². The zero-order valence-electron chi connectivity index (χ0n) is 14.8. The Balaban J connectivity index is 2.18. The average molecular weight is 355 g/mol. The van der Waals surface area contributed by atoms with E-state index in [-0.39, 0.29) is 17.4 Å². The molecule has 134 valence electrons. The van der Waals surface area contributed by atoms with Gasteiger partial charge >= 0.3 is 12.0 Å². The van der Waals surface area contributed by atoms with Gasteiger partial charge in [0.2, 0.25) is 0 Å². The highest BCUT2D eigenvalue weighted by Crippen LogP contribution is 2.26. The molecule has 2 amide bonds. The summed E-state index contributed by atoms with van der Waals surface area (Å²) in [4.78, 5) is 24.3. The SMILES string of the molecule is CCOC(=O)C(Cc1nnc(C(C)(C)C)s1)N(C)N1CCNC1=O. The van der Waals surface area contributed by atoms with Crippen LogP contribution in [-0.2, 0) is 21.4 Å². The molecule has 2 heterocycles. The lowest BCUT2D eigenvalue weighted by Crippen LogP contribution is -2.52. The number of amides is 2. The molecule has 1 unspecified atom stereocenters. The number of aromatic nitrogens is 2. The summed E-state index contributed by atoms with van der Waals surface area (Å²) in [6.45, 7) is 9.35. The van der Waals surface area contributed by atoms with Gasteiger partial charge in [0.1, 0.15) is 16.1 Å². The highest BCUT2D eigenvalue weighted by molar-refractivity contribution is 7.11. The number of nitrogens with zero attached hydrogens (tertiary/aromatic N) is 4. The highest BCUT2D eigenvalue weighted by Gasteiger charge is 2.34. The van der Waals surface area contributed by atoms with Gasteiger partial charge in [-0.25, -0.2) is 9.80 Å². The first-order valence-electron chi connectivity index (χ1n) is 8.01. The quantitative estimate of drug-likeness (QED) is 0.771. The van der Waals surface area contributed by atoms with Crippen LogP contribution in [-0.4, -0.2) is 65.0 Å². The molecular formula is C15H25N5O3S. The Morgan fingerprint density at radius 3 is 2.67 bits per heavy atom. The number of likely N-dealkylation sites (N-methyl/N-ethyl adjacent to an activating group) is 1. The van der Waals surface area contributed by atoms with Gasteiger partial charge < -0.3 is 10.1 Å². The van der Waals surface area contributed by atoms with Crippen LogP contribution in [0.4, 0.5) is 4.79 Å². The monoisotopic (exact) mass is 355 g/mol. The lowest BCUT2D eigenvalue weighted by Gasteiger charge is -2.32. The first-order valence-corrected chi connectivity index (χ1v) is 8.83. The number of carbonyl (C=O) groups is 2. The fourth-order valence-corrected chi connectivity index (χ4v) is 3.28. The number of ether oxygens (including phenoxy) is 1. The molecular weight excluding hydrogens is 330 g/mol. The first-order chi connectivity index (χ1) is 11.2. The van der Waals surface area contributed by atoms with E-state index in [4.69, 9.17) is 4.74 Å². The highest BCUT2D eigenvalue weighted by atomic mass is 32.1. The first kappa shape index (κ1) is 18.6. The van der Waals surface area contributed by atoms with Crippen molar-refractivity contribution in [3.05, 3.63) is 10.0 Å². The molecule has 1 atom stereocenters. The normalized spacial score (nSPS) is 16.4. The van der Waals surface area contributed by atoms with Gasteiger partial charge in [-0.2, -0.15) is 0 Å². The van der Waals surface area contributed by atoms with E-state index in [0.29, 0.717) is 26.1 Å². The molecule has 0 bridgehead atoms. The van der Waals surface area contributed by atoms with Crippen molar-refractivity contribution in [3.63, 3.8) is 0 Å². The van der Waals surface area contributed by atoms with Gasteiger partial charge in [-0.15, -0.1) is 21.5 Å². The van der Waals surface area contributed by atoms with Gasteiger partial charge in [0.25, 0.3) is 0 Å². The Morgan fingerprint density at radius 1 is 1.46 bits per heavy atom. The number of esters is 1. The van der Waals surface area contributed by atoms with Gasteiger partial charge in [0.05, 0.1) is 13.2 Å². The van der Waals surface area contributed by atoms with E-state index in [9.17, 15) is 9.59 Å². The maximum Gasteiger partial charge on any atom is 0.332 e. The van der Waals surface area contributed by atoms with Crippen molar-refractivity contribution in [2.75, 3.05) is 26.7 Å². The Hall–Kier alpha value is -1.74. The number of hydrazine groups is 1. The van der Waals surface area contributed by atoms with Crippen LogP contribution in [0.3, 0.4) is 0 Å². The molecule has 1 fully saturated rings. The van der Waals surface area contributed by atoms with E-state index in [1.165, 1.54) is 16.3 Å². The number of urea groups is 1. The zero-order valence-corrected chi connectivity index (χ0v) is 15.6. The Morgan fingerprint density at radius 2 is 2.17 bits per heavy atom. The maximum absolute atomic E-state index is 12.4. The van der Waals surface area contributed by atoms with Crippen LogP contribution < -0.4 is 5.32 Å². The minimum absolute atomic E-state index is 0.0872. The molecule has 1 aromatic rings. The van der Waals surface area contributed by atoms with Gasteiger partial charge in [0, 0.05) is 25.4 Å². The molecule has 0 saturated carbocycles. The maximum atomic E-state index is 12.4. The van der Waals surface area contributed by atoms with Crippen molar-refractivity contribution in [1.82, 2.24) is 25.5 Å².